The zero-order valence-corrected chi connectivity index (χ0v) is 7.28. The molecule has 1 rings (SSSR count). The molecule has 7 heteroatoms. The molecular weight excluding hydrogens is 220 g/mol. The van der Waals surface area contributed by atoms with Gasteiger partial charge in [-0.05, 0) is 0 Å². The van der Waals surface area contributed by atoms with E-state index in [1.807, 2.05) is 0 Å². The maximum atomic E-state index is 12.8. The molecule has 15 heavy (non-hydrogen) atoms. The number of ether oxygens (including phenoxy) is 1. The van der Waals surface area contributed by atoms with E-state index < -0.39 is 40.7 Å². The fraction of sp³-hybridized carbons (Fsp3) is 0.125. The number of halogens is 4. The largest absolute Gasteiger partial charge is 0.503 e. The smallest absolute Gasteiger partial charge is 0.308 e. The first-order valence-corrected chi connectivity index (χ1v) is 3.59. The van der Waals surface area contributed by atoms with Gasteiger partial charge in [-0.1, -0.05) is 0 Å². The number of rotatable bonds is 1. The van der Waals surface area contributed by atoms with Crippen molar-refractivity contribution in [3.63, 3.8) is 0 Å². The third kappa shape index (κ3) is 1.85. The third-order valence-corrected chi connectivity index (χ3v) is 1.45. The molecule has 0 aromatic heterocycles. The number of phenolic OH excluding ortho intramolecular Hbond substituents is 1. The van der Waals surface area contributed by atoms with Crippen LogP contribution in [0.3, 0.4) is 0 Å². The normalized spacial score (nSPS) is 10.2. The molecule has 0 bridgehead atoms. The van der Waals surface area contributed by atoms with Crippen LogP contribution in [-0.2, 0) is 4.79 Å². The molecule has 0 amide bonds. The van der Waals surface area contributed by atoms with E-state index in [1.165, 1.54) is 0 Å². The number of benzene rings is 1. The molecule has 82 valence electrons. The van der Waals surface area contributed by atoms with Gasteiger partial charge < -0.3 is 9.84 Å². The second kappa shape index (κ2) is 3.76. The lowest BCUT2D eigenvalue weighted by atomic mass is 10.2. The van der Waals surface area contributed by atoms with Crippen molar-refractivity contribution >= 4 is 5.97 Å². The molecule has 0 fully saturated rings. The lowest BCUT2D eigenvalue weighted by Crippen LogP contribution is -2.08. The van der Waals surface area contributed by atoms with Crippen LogP contribution in [0.4, 0.5) is 17.6 Å². The quantitative estimate of drug-likeness (QED) is 0.343. The average Bonchev–Trinajstić information content (AvgIpc) is 2.18. The summed E-state index contributed by atoms with van der Waals surface area (Å²) in [6, 6.07) is 0. The van der Waals surface area contributed by atoms with Gasteiger partial charge in [-0.15, -0.1) is 0 Å². The highest BCUT2D eigenvalue weighted by atomic mass is 19.2. The van der Waals surface area contributed by atoms with Crippen LogP contribution in [0.25, 0.3) is 0 Å². The average molecular weight is 224 g/mol. The van der Waals surface area contributed by atoms with Crippen molar-refractivity contribution in [3.8, 4) is 11.5 Å². The van der Waals surface area contributed by atoms with Crippen molar-refractivity contribution in [3.05, 3.63) is 23.3 Å². The molecule has 0 aliphatic heterocycles. The standard InChI is InChI=1S/C8H4F4O3/c1-2(13)15-8-5(11)3(9)7(14)4(10)6(8)12/h14H,1H3. The highest BCUT2D eigenvalue weighted by Crippen LogP contribution is 2.33. The molecule has 3 nitrogen and oxygen atoms in total. The Kier molecular flexibility index (Phi) is 2.83. The number of esters is 1. The third-order valence-electron chi connectivity index (χ3n) is 1.45. The van der Waals surface area contributed by atoms with Crippen LogP contribution in [0.1, 0.15) is 6.92 Å². The van der Waals surface area contributed by atoms with Crippen LogP contribution in [-0.4, -0.2) is 11.1 Å². The predicted octanol–water partition coefficient (Wildman–Crippen LogP) is 1.87. The summed E-state index contributed by atoms with van der Waals surface area (Å²) in [6.07, 6.45) is 0. The van der Waals surface area contributed by atoms with Crippen LogP contribution in [0.15, 0.2) is 0 Å². The molecule has 0 atom stereocenters. The molecule has 0 saturated heterocycles. The van der Waals surface area contributed by atoms with Crippen molar-refractivity contribution in [1.29, 1.82) is 0 Å². The van der Waals surface area contributed by atoms with Crippen molar-refractivity contribution in [2.24, 2.45) is 0 Å². The maximum Gasteiger partial charge on any atom is 0.308 e. The van der Waals surface area contributed by atoms with Gasteiger partial charge in [-0.25, -0.2) is 0 Å². The minimum atomic E-state index is -2.02. The van der Waals surface area contributed by atoms with E-state index in [-0.39, 0.29) is 0 Å². The molecule has 0 spiro atoms. The summed E-state index contributed by atoms with van der Waals surface area (Å²) in [5.41, 5.74) is 0. The van der Waals surface area contributed by atoms with Gasteiger partial charge in [0.15, 0.2) is 5.75 Å². The molecule has 0 aliphatic carbocycles. The maximum absolute atomic E-state index is 12.8. The minimum absolute atomic E-state index is 0.793. The highest BCUT2D eigenvalue weighted by Gasteiger charge is 2.27. The van der Waals surface area contributed by atoms with E-state index in [0.29, 0.717) is 0 Å². The van der Waals surface area contributed by atoms with Gasteiger partial charge in [0.2, 0.25) is 29.0 Å². The Morgan fingerprint density at radius 2 is 1.47 bits per heavy atom. The first kappa shape index (κ1) is 11.3. The summed E-state index contributed by atoms with van der Waals surface area (Å²) in [6.45, 7) is 0.793. The summed E-state index contributed by atoms with van der Waals surface area (Å²) >= 11 is 0. The van der Waals surface area contributed by atoms with Crippen molar-refractivity contribution in [2.75, 3.05) is 0 Å². The molecule has 1 N–H and O–H groups in total. The van der Waals surface area contributed by atoms with E-state index >= 15 is 0 Å². The van der Waals surface area contributed by atoms with Gasteiger partial charge in [-0.2, -0.15) is 17.6 Å². The van der Waals surface area contributed by atoms with Crippen molar-refractivity contribution in [1.82, 2.24) is 0 Å². The summed E-state index contributed by atoms with van der Waals surface area (Å²) in [5.74, 6) is -12.5. The van der Waals surface area contributed by atoms with Crippen LogP contribution in [0, 0.1) is 23.3 Å². The molecule has 1 aromatic carbocycles. The van der Waals surface area contributed by atoms with E-state index in [9.17, 15) is 22.4 Å². The van der Waals surface area contributed by atoms with E-state index in [2.05, 4.69) is 4.74 Å². The number of hydrogen-bond donors (Lipinski definition) is 1. The summed E-state index contributed by atoms with van der Waals surface area (Å²) in [4.78, 5) is 10.4. The predicted molar refractivity (Wildman–Crippen MR) is 39.2 cm³/mol. The first-order valence-electron chi connectivity index (χ1n) is 3.59. The van der Waals surface area contributed by atoms with Gasteiger partial charge in [-0.3, -0.25) is 4.79 Å². The van der Waals surface area contributed by atoms with Gasteiger partial charge >= 0.3 is 5.97 Å². The Bertz CT molecular complexity index is 401. The van der Waals surface area contributed by atoms with Crippen LogP contribution >= 0.6 is 0 Å². The van der Waals surface area contributed by atoms with E-state index in [0.717, 1.165) is 6.92 Å². The Labute approximate surface area is 80.9 Å². The van der Waals surface area contributed by atoms with Gasteiger partial charge in [0, 0.05) is 6.92 Å². The number of carbonyl (C=O) groups is 1. The Morgan fingerprint density at radius 1 is 1.07 bits per heavy atom. The Hall–Kier alpha value is -1.79. The highest BCUT2D eigenvalue weighted by molar-refractivity contribution is 5.69. The number of hydrogen-bond acceptors (Lipinski definition) is 3. The Balaban J connectivity index is 3.45. The molecule has 0 aliphatic rings. The molecule has 0 radical (unpaired) electrons. The summed E-state index contributed by atoms with van der Waals surface area (Å²) < 4.78 is 54.9. The SMILES string of the molecule is CC(=O)Oc1c(F)c(F)c(O)c(F)c1F. The minimum Gasteiger partial charge on any atom is -0.503 e. The van der Waals surface area contributed by atoms with Crippen LogP contribution < -0.4 is 4.74 Å². The topological polar surface area (TPSA) is 46.5 Å². The molecular formula is C8H4F4O3. The van der Waals surface area contributed by atoms with Gasteiger partial charge in [0.1, 0.15) is 0 Å². The molecule has 0 heterocycles. The number of aromatic hydroxyl groups is 1. The number of carbonyl (C=O) groups excluding carboxylic acids is 1. The van der Waals surface area contributed by atoms with Crippen molar-refractivity contribution < 1.29 is 32.2 Å². The second-order valence-electron chi connectivity index (χ2n) is 2.53. The molecule has 1 aromatic rings. The van der Waals surface area contributed by atoms with Gasteiger partial charge in [0.05, 0.1) is 0 Å². The zero-order chi connectivity index (χ0) is 11.7. The Morgan fingerprint density at radius 3 is 1.80 bits per heavy atom. The van der Waals surface area contributed by atoms with Gasteiger partial charge in [0.25, 0.3) is 0 Å². The van der Waals surface area contributed by atoms with Crippen LogP contribution in [0.5, 0.6) is 11.5 Å². The van der Waals surface area contributed by atoms with Crippen molar-refractivity contribution in [2.45, 2.75) is 6.92 Å². The fourth-order valence-electron chi connectivity index (χ4n) is 0.833. The summed E-state index contributed by atoms with van der Waals surface area (Å²) in [7, 11) is 0. The van der Waals surface area contributed by atoms with E-state index in [1.54, 1.807) is 0 Å². The van der Waals surface area contributed by atoms with E-state index in [4.69, 9.17) is 5.11 Å². The fourth-order valence-corrected chi connectivity index (χ4v) is 0.833. The molecule has 0 saturated carbocycles. The molecule has 0 unspecified atom stereocenters. The second-order valence-corrected chi connectivity index (χ2v) is 2.53. The zero-order valence-electron chi connectivity index (χ0n) is 7.28. The summed E-state index contributed by atoms with van der Waals surface area (Å²) in [5, 5.41) is 8.56. The lowest BCUT2D eigenvalue weighted by molar-refractivity contribution is -0.132. The monoisotopic (exact) mass is 224 g/mol. The lowest BCUT2D eigenvalue weighted by Gasteiger charge is -2.07. The van der Waals surface area contributed by atoms with Crippen LogP contribution in [0.2, 0.25) is 0 Å². The number of phenols is 1. The first-order chi connectivity index (χ1) is 6.86.